The molecule has 2 aliphatic carbocycles. The number of carbonyl (C=O) groups excluding carboxylic acids is 1. The molecular weight excluding hydrogens is 294 g/mol. The average molecular weight is 311 g/mol. The maximum Gasteiger partial charge on any atom is 0.326 e. The van der Waals surface area contributed by atoms with Gasteiger partial charge in [0.15, 0.2) is 0 Å². The molecule has 1 fully saturated rings. The zero-order valence-electron chi connectivity index (χ0n) is 11.6. The van der Waals surface area contributed by atoms with Gasteiger partial charge < -0.3 is 20.6 Å². The first-order valence-corrected chi connectivity index (χ1v) is 6.97. The van der Waals surface area contributed by atoms with E-state index in [-0.39, 0.29) is 18.3 Å². The van der Waals surface area contributed by atoms with Crippen LogP contribution in [0.5, 0.6) is 0 Å². The van der Waals surface area contributed by atoms with Gasteiger partial charge in [0, 0.05) is 6.42 Å². The molecule has 2 aliphatic rings. The summed E-state index contributed by atoms with van der Waals surface area (Å²) < 4.78 is 0. The molecule has 8 nitrogen and oxygen atoms in total. The van der Waals surface area contributed by atoms with Crippen molar-refractivity contribution in [1.29, 1.82) is 0 Å². The number of hydrogen-bond acceptors (Lipinski definition) is 4. The van der Waals surface area contributed by atoms with Crippen molar-refractivity contribution in [2.75, 3.05) is 0 Å². The Labute approximate surface area is 125 Å². The van der Waals surface area contributed by atoms with Crippen LogP contribution in [-0.2, 0) is 19.2 Å². The molecule has 0 unspecified atom stereocenters. The Bertz CT molecular complexity index is 541. The molecule has 2 bridgehead atoms. The second-order valence-corrected chi connectivity index (χ2v) is 5.67. The molecular formula is C14H17NO7. The van der Waals surface area contributed by atoms with Crippen molar-refractivity contribution >= 4 is 23.8 Å². The third-order valence-corrected chi connectivity index (χ3v) is 4.31. The van der Waals surface area contributed by atoms with Crippen LogP contribution in [0.25, 0.3) is 0 Å². The van der Waals surface area contributed by atoms with E-state index in [1.807, 2.05) is 0 Å². The minimum atomic E-state index is -1.33. The normalized spacial score (nSPS) is 30.0. The molecule has 0 aliphatic heterocycles. The Kier molecular flexibility index (Phi) is 4.48. The van der Waals surface area contributed by atoms with Gasteiger partial charge in [-0.05, 0) is 24.7 Å². The van der Waals surface area contributed by atoms with Crippen molar-refractivity contribution in [1.82, 2.24) is 5.32 Å². The lowest BCUT2D eigenvalue weighted by Gasteiger charge is -2.25. The Morgan fingerprint density at radius 2 is 1.64 bits per heavy atom. The fraction of sp³-hybridized carbons (Fsp3) is 0.571. The number of amides is 1. The molecule has 22 heavy (non-hydrogen) atoms. The molecule has 2 rings (SSSR count). The predicted molar refractivity (Wildman–Crippen MR) is 71.8 cm³/mol. The molecule has 0 heterocycles. The second kappa shape index (κ2) is 6.17. The van der Waals surface area contributed by atoms with Gasteiger partial charge in [0.2, 0.25) is 5.91 Å². The number of rotatable bonds is 7. The van der Waals surface area contributed by atoms with E-state index in [1.165, 1.54) is 0 Å². The lowest BCUT2D eigenvalue weighted by Crippen LogP contribution is -2.47. The van der Waals surface area contributed by atoms with E-state index in [2.05, 4.69) is 5.32 Å². The third-order valence-electron chi connectivity index (χ3n) is 4.31. The highest BCUT2D eigenvalue weighted by Crippen LogP contribution is 2.48. The van der Waals surface area contributed by atoms with Crippen LogP contribution >= 0.6 is 0 Å². The van der Waals surface area contributed by atoms with Gasteiger partial charge in [-0.3, -0.25) is 14.4 Å². The molecule has 0 aromatic rings. The van der Waals surface area contributed by atoms with Crippen molar-refractivity contribution in [3.05, 3.63) is 12.2 Å². The third kappa shape index (κ3) is 3.10. The second-order valence-electron chi connectivity index (χ2n) is 5.67. The molecule has 0 aromatic heterocycles. The van der Waals surface area contributed by atoms with Crippen LogP contribution in [-0.4, -0.2) is 45.2 Å². The van der Waals surface area contributed by atoms with Gasteiger partial charge >= 0.3 is 17.9 Å². The van der Waals surface area contributed by atoms with Gasteiger partial charge in [-0.15, -0.1) is 0 Å². The highest BCUT2D eigenvalue weighted by atomic mass is 16.4. The summed E-state index contributed by atoms with van der Waals surface area (Å²) in [5.41, 5.74) is 0. The maximum absolute atomic E-state index is 12.3. The first kappa shape index (κ1) is 16.0. The zero-order valence-corrected chi connectivity index (χ0v) is 11.6. The summed E-state index contributed by atoms with van der Waals surface area (Å²) in [7, 11) is 0. The summed E-state index contributed by atoms with van der Waals surface area (Å²) in [6.45, 7) is 0. The molecule has 0 radical (unpaired) electrons. The minimum absolute atomic E-state index is 0.208. The van der Waals surface area contributed by atoms with E-state index in [4.69, 9.17) is 10.2 Å². The van der Waals surface area contributed by atoms with Gasteiger partial charge in [-0.25, -0.2) is 4.79 Å². The molecule has 0 saturated heterocycles. The van der Waals surface area contributed by atoms with Gasteiger partial charge in [-0.2, -0.15) is 0 Å². The molecule has 1 amide bonds. The summed E-state index contributed by atoms with van der Waals surface area (Å²) in [4.78, 5) is 45.2. The number of hydrogen-bond donors (Lipinski definition) is 4. The Morgan fingerprint density at radius 1 is 1.05 bits per heavy atom. The van der Waals surface area contributed by atoms with Crippen LogP contribution in [0.15, 0.2) is 12.2 Å². The fourth-order valence-electron chi connectivity index (χ4n) is 3.31. The quantitative estimate of drug-likeness (QED) is 0.483. The van der Waals surface area contributed by atoms with E-state index in [1.54, 1.807) is 12.2 Å². The van der Waals surface area contributed by atoms with Crippen LogP contribution in [0.4, 0.5) is 0 Å². The fourth-order valence-corrected chi connectivity index (χ4v) is 3.31. The Hall–Kier alpha value is -2.38. The van der Waals surface area contributed by atoms with E-state index in [0.717, 1.165) is 0 Å². The number of allylic oxidation sites excluding steroid dienone is 2. The standard InChI is InChI=1S/C14H17NO7/c16-9(17)4-3-8(13(19)20)15-12(18)10-6-1-2-7(5-6)11(10)14(21)22/h1-2,6-8,10-11H,3-5H2,(H,15,18)(H,16,17)(H,19,20)(H,21,22)/t6-,7-,8+,10-,11+/m1/s1. The predicted octanol–water partition coefficient (Wildman–Crippen LogP) is -0.0565. The largest absolute Gasteiger partial charge is 0.481 e. The molecule has 1 saturated carbocycles. The van der Waals surface area contributed by atoms with Crippen LogP contribution < -0.4 is 5.32 Å². The van der Waals surface area contributed by atoms with E-state index < -0.39 is 48.1 Å². The molecule has 120 valence electrons. The van der Waals surface area contributed by atoms with Gasteiger partial charge in [-0.1, -0.05) is 12.2 Å². The summed E-state index contributed by atoms with van der Waals surface area (Å²) >= 11 is 0. The molecule has 0 spiro atoms. The summed E-state index contributed by atoms with van der Waals surface area (Å²) in [5.74, 6) is -6.29. The number of carbonyl (C=O) groups is 4. The summed E-state index contributed by atoms with van der Waals surface area (Å²) in [6.07, 6.45) is 3.51. The van der Waals surface area contributed by atoms with Crippen LogP contribution in [0.1, 0.15) is 19.3 Å². The van der Waals surface area contributed by atoms with Crippen LogP contribution in [0.2, 0.25) is 0 Å². The Morgan fingerprint density at radius 3 is 2.14 bits per heavy atom. The van der Waals surface area contributed by atoms with Crippen molar-refractivity contribution in [3.63, 3.8) is 0 Å². The highest BCUT2D eigenvalue weighted by Gasteiger charge is 2.52. The smallest absolute Gasteiger partial charge is 0.326 e. The topological polar surface area (TPSA) is 141 Å². The summed E-state index contributed by atoms with van der Waals surface area (Å²) in [6, 6.07) is -1.33. The lowest BCUT2D eigenvalue weighted by molar-refractivity contribution is -0.149. The summed E-state index contributed by atoms with van der Waals surface area (Å²) in [5, 5.41) is 29.2. The van der Waals surface area contributed by atoms with Crippen molar-refractivity contribution in [2.45, 2.75) is 25.3 Å². The highest BCUT2D eigenvalue weighted by molar-refractivity contribution is 5.90. The monoisotopic (exact) mass is 311 g/mol. The first-order valence-electron chi connectivity index (χ1n) is 6.97. The minimum Gasteiger partial charge on any atom is -0.481 e. The molecule has 5 atom stereocenters. The molecule has 4 N–H and O–H groups in total. The lowest BCUT2D eigenvalue weighted by atomic mass is 9.82. The average Bonchev–Trinajstić information content (AvgIpc) is 3.02. The maximum atomic E-state index is 12.3. The number of carboxylic acid groups (broad SMARTS) is 3. The van der Waals surface area contributed by atoms with Crippen molar-refractivity contribution < 1.29 is 34.5 Å². The van der Waals surface area contributed by atoms with Crippen LogP contribution in [0.3, 0.4) is 0 Å². The molecule has 0 aromatic carbocycles. The molecule has 8 heteroatoms. The zero-order chi connectivity index (χ0) is 16.4. The van der Waals surface area contributed by atoms with Crippen molar-refractivity contribution in [3.8, 4) is 0 Å². The number of nitrogens with one attached hydrogen (secondary N) is 1. The van der Waals surface area contributed by atoms with Crippen molar-refractivity contribution in [2.24, 2.45) is 23.7 Å². The van der Waals surface area contributed by atoms with E-state index >= 15 is 0 Å². The van der Waals surface area contributed by atoms with Gasteiger partial charge in [0.05, 0.1) is 11.8 Å². The number of carboxylic acids is 3. The number of fused-ring (bicyclic) bond motifs is 2. The van der Waals surface area contributed by atoms with Gasteiger partial charge in [0.1, 0.15) is 6.04 Å². The first-order chi connectivity index (χ1) is 10.3. The van der Waals surface area contributed by atoms with E-state index in [0.29, 0.717) is 6.42 Å². The SMILES string of the molecule is O=C(O)CC[C@H](NC(=O)[C@H]1[C@@H](C(=O)O)[C@@H]2C=C[C@@H]1C2)C(=O)O. The Balaban J connectivity index is 2.06. The van der Waals surface area contributed by atoms with Gasteiger partial charge in [0.25, 0.3) is 0 Å². The van der Waals surface area contributed by atoms with Crippen LogP contribution in [0, 0.1) is 23.7 Å². The number of aliphatic carboxylic acids is 3. The van der Waals surface area contributed by atoms with E-state index in [9.17, 15) is 24.3 Å².